The van der Waals surface area contributed by atoms with Crippen LogP contribution in [0.2, 0.25) is 0 Å². The molecule has 31 heavy (non-hydrogen) atoms. The molecule has 7 heteroatoms. The number of rotatable bonds is 6. The predicted molar refractivity (Wildman–Crippen MR) is 118 cm³/mol. The largest absolute Gasteiger partial charge is 0.481 e. The van der Waals surface area contributed by atoms with Crippen molar-refractivity contribution in [1.82, 2.24) is 19.9 Å². The number of hydrogen-bond donors (Lipinski definition) is 1. The molecular formula is C24H30N4O3. The molecule has 0 spiro atoms. The summed E-state index contributed by atoms with van der Waals surface area (Å²) >= 11 is 0. The second kappa shape index (κ2) is 7.94. The second-order valence-corrected chi connectivity index (χ2v) is 9.34. The Hall–Kier alpha value is -2.96. The molecule has 0 atom stereocenters. The molecular weight excluding hydrogens is 392 g/mol. The van der Waals surface area contributed by atoms with Crippen LogP contribution in [0.5, 0.6) is 0 Å². The van der Waals surface area contributed by atoms with Gasteiger partial charge in [0.2, 0.25) is 5.82 Å². The molecule has 1 aromatic carbocycles. The summed E-state index contributed by atoms with van der Waals surface area (Å²) in [5.74, 6) is 0.212. The van der Waals surface area contributed by atoms with Gasteiger partial charge in [0.05, 0.1) is 0 Å². The van der Waals surface area contributed by atoms with E-state index in [-0.39, 0.29) is 11.8 Å². The number of aliphatic carboxylic acids is 1. The molecule has 0 fully saturated rings. The molecule has 7 nitrogen and oxygen atoms in total. The molecule has 0 amide bonds. The molecule has 1 aliphatic carbocycles. The molecule has 0 bridgehead atoms. The lowest BCUT2D eigenvalue weighted by molar-refractivity contribution is -0.136. The third kappa shape index (κ3) is 4.13. The van der Waals surface area contributed by atoms with Crippen molar-refractivity contribution in [3.8, 4) is 23.0 Å². The van der Waals surface area contributed by atoms with Crippen molar-refractivity contribution in [2.45, 2.75) is 73.3 Å². The van der Waals surface area contributed by atoms with Gasteiger partial charge in [-0.3, -0.25) is 9.48 Å². The van der Waals surface area contributed by atoms with Crippen LogP contribution in [-0.2, 0) is 30.6 Å². The summed E-state index contributed by atoms with van der Waals surface area (Å²) in [6.45, 7) is 11.5. The molecule has 0 radical (unpaired) electrons. The average Bonchev–Trinajstić information content (AvgIpc) is 3.31. The number of nitrogens with zero attached hydrogens (tertiary/aromatic N) is 4. The van der Waals surface area contributed by atoms with Gasteiger partial charge in [-0.15, -0.1) is 0 Å². The number of fused-ring (bicyclic) bond motifs is 1. The van der Waals surface area contributed by atoms with Crippen molar-refractivity contribution >= 4 is 5.97 Å². The Bertz CT molecular complexity index is 1140. The van der Waals surface area contributed by atoms with E-state index in [9.17, 15) is 4.79 Å². The van der Waals surface area contributed by atoms with Crippen molar-refractivity contribution < 1.29 is 14.4 Å². The molecule has 1 aliphatic rings. The highest BCUT2D eigenvalue weighted by molar-refractivity contribution is 5.68. The maximum absolute atomic E-state index is 10.9. The van der Waals surface area contributed by atoms with Gasteiger partial charge in [-0.1, -0.05) is 25.1 Å². The Morgan fingerprint density at radius 3 is 2.74 bits per heavy atom. The lowest BCUT2D eigenvalue weighted by Gasteiger charge is -2.30. The van der Waals surface area contributed by atoms with E-state index in [1.807, 2.05) is 26.0 Å². The maximum atomic E-state index is 10.9. The third-order valence-electron chi connectivity index (χ3n) is 6.32. The van der Waals surface area contributed by atoms with Crippen molar-refractivity contribution in [3.05, 3.63) is 40.1 Å². The Morgan fingerprint density at radius 2 is 2.03 bits per heavy atom. The van der Waals surface area contributed by atoms with Gasteiger partial charge in [0.15, 0.2) is 5.69 Å². The van der Waals surface area contributed by atoms with E-state index < -0.39 is 5.97 Å². The number of aromatic nitrogens is 4. The highest BCUT2D eigenvalue weighted by atomic mass is 16.5. The van der Waals surface area contributed by atoms with E-state index in [0.29, 0.717) is 18.1 Å². The Kier molecular flexibility index (Phi) is 5.45. The molecule has 2 aromatic heterocycles. The summed E-state index contributed by atoms with van der Waals surface area (Å²) < 4.78 is 7.74. The van der Waals surface area contributed by atoms with Crippen LogP contribution >= 0.6 is 0 Å². The van der Waals surface area contributed by atoms with E-state index in [2.05, 4.69) is 30.6 Å². The number of carboxylic acids is 1. The Morgan fingerprint density at radius 1 is 1.26 bits per heavy atom. The number of aryl methyl sites for hydroxylation is 4. The summed E-state index contributed by atoms with van der Waals surface area (Å²) in [6, 6.07) is 4.04. The Balaban J connectivity index is 1.68. The second-order valence-electron chi connectivity index (χ2n) is 9.34. The minimum atomic E-state index is -0.790. The first-order valence-electron chi connectivity index (χ1n) is 10.9. The molecule has 164 valence electrons. The van der Waals surface area contributed by atoms with Crippen molar-refractivity contribution in [1.29, 1.82) is 0 Å². The molecule has 0 saturated heterocycles. The zero-order chi connectivity index (χ0) is 22.3. The summed E-state index contributed by atoms with van der Waals surface area (Å²) in [5.41, 5.74) is 7.55. The fourth-order valence-corrected chi connectivity index (χ4v) is 4.49. The van der Waals surface area contributed by atoms with Crippen LogP contribution in [0.25, 0.3) is 23.0 Å². The number of carboxylic acid groups (broad SMARTS) is 1. The third-order valence-corrected chi connectivity index (χ3v) is 6.32. The first-order chi connectivity index (χ1) is 14.7. The smallest absolute Gasteiger partial charge is 0.303 e. The van der Waals surface area contributed by atoms with Crippen LogP contribution in [0.4, 0.5) is 0 Å². The summed E-state index contributed by atoms with van der Waals surface area (Å²) in [5, 5.41) is 18.0. The van der Waals surface area contributed by atoms with E-state index in [1.54, 1.807) is 0 Å². The van der Waals surface area contributed by atoms with Crippen LogP contribution in [0, 0.1) is 19.3 Å². The summed E-state index contributed by atoms with van der Waals surface area (Å²) in [6.07, 6.45) is 3.70. The van der Waals surface area contributed by atoms with Crippen molar-refractivity contribution in [2.24, 2.45) is 5.41 Å². The lowest BCUT2D eigenvalue weighted by atomic mass is 9.76. The van der Waals surface area contributed by atoms with Crippen molar-refractivity contribution in [2.75, 3.05) is 0 Å². The van der Waals surface area contributed by atoms with Crippen LogP contribution < -0.4 is 0 Å². The zero-order valence-corrected chi connectivity index (χ0v) is 18.9. The van der Waals surface area contributed by atoms with E-state index in [4.69, 9.17) is 19.7 Å². The number of benzene rings is 1. The van der Waals surface area contributed by atoms with Gasteiger partial charge in [0.1, 0.15) is 0 Å². The zero-order valence-electron chi connectivity index (χ0n) is 18.9. The Labute approximate surface area is 182 Å². The average molecular weight is 423 g/mol. The molecule has 0 unspecified atom stereocenters. The van der Waals surface area contributed by atoms with Crippen molar-refractivity contribution in [3.63, 3.8) is 0 Å². The van der Waals surface area contributed by atoms with Crippen LogP contribution in [0.3, 0.4) is 0 Å². The van der Waals surface area contributed by atoms with Crippen LogP contribution in [0.15, 0.2) is 16.7 Å². The van der Waals surface area contributed by atoms with Crippen LogP contribution in [-0.4, -0.2) is 31.0 Å². The monoisotopic (exact) mass is 422 g/mol. The molecule has 0 aliphatic heterocycles. The highest BCUT2D eigenvalue weighted by Crippen LogP contribution is 2.39. The van der Waals surface area contributed by atoms with E-state index >= 15 is 0 Å². The minimum Gasteiger partial charge on any atom is -0.481 e. The molecule has 2 heterocycles. The topological polar surface area (TPSA) is 94.0 Å². The number of carbonyl (C=O) groups is 1. The fourth-order valence-electron chi connectivity index (χ4n) is 4.49. The number of hydrogen-bond acceptors (Lipinski definition) is 5. The van der Waals surface area contributed by atoms with Gasteiger partial charge < -0.3 is 9.63 Å². The van der Waals surface area contributed by atoms with E-state index in [0.717, 1.165) is 53.8 Å². The fraction of sp³-hybridized carbons (Fsp3) is 0.500. The lowest BCUT2D eigenvalue weighted by Crippen LogP contribution is -2.24. The quantitative estimate of drug-likeness (QED) is 0.615. The normalized spacial score (nSPS) is 15.1. The van der Waals surface area contributed by atoms with Gasteiger partial charge in [-0.05, 0) is 74.6 Å². The molecule has 4 rings (SSSR count). The van der Waals surface area contributed by atoms with E-state index in [1.165, 1.54) is 11.3 Å². The molecule has 3 aromatic rings. The first kappa shape index (κ1) is 21.3. The molecule has 1 N–H and O–H groups in total. The summed E-state index contributed by atoms with van der Waals surface area (Å²) in [4.78, 5) is 15.6. The SMILES string of the molecule is CCn1nc(-c2nc(-c3cc(C)c(CCC(=O)O)cc3C)no2)c2c1CC(C)(C)CC2. The maximum Gasteiger partial charge on any atom is 0.303 e. The molecule has 0 saturated carbocycles. The van der Waals surface area contributed by atoms with Gasteiger partial charge in [0, 0.05) is 29.8 Å². The van der Waals surface area contributed by atoms with Gasteiger partial charge in [-0.2, -0.15) is 10.1 Å². The highest BCUT2D eigenvalue weighted by Gasteiger charge is 2.32. The van der Waals surface area contributed by atoms with Crippen LogP contribution in [0.1, 0.15) is 61.6 Å². The first-order valence-corrected chi connectivity index (χ1v) is 10.9. The summed E-state index contributed by atoms with van der Waals surface area (Å²) in [7, 11) is 0. The van der Waals surface area contributed by atoms with Gasteiger partial charge >= 0.3 is 5.97 Å². The van der Waals surface area contributed by atoms with Gasteiger partial charge in [-0.25, -0.2) is 0 Å². The predicted octanol–water partition coefficient (Wildman–Crippen LogP) is 4.77. The van der Waals surface area contributed by atoms with Gasteiger partial charge in [0.25, 0.3) is 5.89 Å². The standard InChI is InChI=1S/C24H30N4O3/c1-6-28-19-13-24(4,5)10-9-17(19)21(26-28)23-25-22(27-31-23)18-12-14(2)16(11-15(18)3)7-8-20(29)30/h11-12H,6-10,13H2,1-5H3,(H,29,30). The minimum absolute atomic E-state index is 0.119.